The number of amidine groups is 1. The SMILES string of the molecule is CCOc1cc(C=N/N=C2/NC(=O)/C(=C\C(=O)OC)S2)cc(I)c1OC(C)=O. The Morgan fingerprint density at radius 1 is 1.36 bits per heavy atom. The molecule has 1 amide bonds. The third kappa shape index (κ3) is 6.05. The van der Waals surface area contributed by atoms with Crippen molar-refractivity contribution in [3.05, 3.63) is 32.2 Å². The topological polar surface area (TPSA) is 116 Å². The van der Waals surface area contributed by atoms with Gasteiger partial charge in [0, 0.05) is 13.0 Å². The molecule has 148 valence electrons. The van der Waals surface area contributed by atoms with Gasteiger partial charge >= 0.3 is 11.9 Å². The molecule has 28 heavy (non-hydrogen) atoms. The van der Waals surface area contributed by atoms with Gasteiger partial charge in [-0.05, 0) is 59.0 Å². The van der Waals surface area contributed by atoms with Crippen molar-refractivity contribution in [2.24, 2.45) is 10.2 Å². The number of hydrogen-bond acceptors (Lipinski definition) is 9. The highest BCUT2D eigenvalue weighted by Gasteiger charge is 2.25. The molecule has 0 bridgehead atoms. The number of carbonyl (C=O) groups is 3. The molecule has 1 fully saturated rings. The summed E-state index contributed by atoms with van der Waals surface area (Å²) < 4.78 is 15.9. The first kappa shape index (κ1) is 21.9. The van der Waals surface area contributed by atoms with Crippen molar-refractivity contribution < 1.29 is 28.6 Å². The van der Waals surface area contributed by atoms with Crippen molar-refractivity contribution in [2.45, 2.75) is 13.8 Å². The molecule has 0 atom stereocenters. The van der Waals surface area contributed by atoms with Crippen LogP contribution >= 0.6 is 34.4 Å². The summed E-state index contributed by atoms with van der Waals surface area (Å²) in [6.07, 6.45) is 2.54. The molecule has 0 radical (unpaired) electrons. The van der Waals surface area contributed by atoms with Crippen molar-refractivity contribution in [3.63, 3.8) is 0 Å². The Morgan fingerprint density at radius 3 is 2.75 bits per heavy atom. The van der Waals surface area contributed by atoms with E-state index in [0.29, 0.717) is 27.2 Å². The van der Waals surface area contributed by atoms with Gasteiger partial charge in [-0.2, -0.15) is 5.10 Å². The van der Waals surface area contributed by atoms with Crippen molar-refractivity contribution in [3.8, 4) is 11.5 Å². The lowest BCUT2D eigenvalue weighted by atomic mass is 10.2. The number of nitrogens with zero attached hydrogens (tertiary/aromatic N) is 2. The monoisotopic (exact) mass is 517 g/mol. The van der Waals surface area contributed by atoms with Gasteiger partial charge in [-0.1, -0.05) is 0 Å². The highest BCUT2D eigenvalue weighted by molar-refractivity contribution is 14.1. The molecule has 1 aromatic carbocycles. The number of thioether (sulfide) groups is 1. The summed E-state index contributed by atoms with van der Waals surface area (Å²) in [4.78, 5) is 34.4. The molecular weight excluding hydrogens is 501 g/mol. The van der Waals surface area contributed by atoms with Crippen molar-refractivity contribution in [1.29, 1.82) is 0 Å². The normalized spacial score (nSPS) is 16.5. The molecule has 1 aromatic rings. The highest BCUT2D eigenvalue weighted by Crippen LogP contribution is 2.34. The maximum atomic E-state index is 11.8. The maximum Gasteiger partial charge on any atom is 0.331 e. The average Bonchev–Trinajstić information content (AvgIpc) is 2.97. The van der Waals surface area contributed by atoms with Crippen LogP contribution in [0.15, 0.2) is 33.3 Å². The minimum Gasteiger partial charge on any atom is -0.490 e. The highest BCUT2D eigenvalue weighted by atomic mass is 127. The minimum absolute atomic E-state index is 0.166. The summed E-state index contributed by atoms with van der Waals surface area (Å²) in [5, 5.41) is 10.6. The second-order valence-electron chi connectivity index (χ2n) is 5.09. The van der Waals surface area contributed by atoms with E-state index in [4.69, 9.17) is 9.47 Å². The van der Waals surface area contributed by atoms with Crippen molar-refractivity contribution in [1.82, 2.24) is 5.32 Å². The summed E-state index contributed by atoms with van der Waals surface area (Å²) >= 11 is 3.00. The molecule has 0 unspecified atom stereocenters. The second-order valence-corrected chi connectivity index (χ2v) is 7.29. The van der Waals surface area contributed by atoms with Crippen molar-refractivity contribution >= 4 is 63.6 Å². The fraction of sp³-hybridized carbons (Fsp3) is 0.235. The van der Waals surface area contributed by atoms with Gasteiger partial charge in [0.1, 0.15) is 0 Å². The lowest BCUT2D eigenvalue weighted by Gasteiger charge is -2.12. The number of hydrogen-bond donors (Lipinski definition) is 1. The predicted molar refractivity (Wildman–Crippen MR) is 112 cm³/mol. The van der Waals surface area contributed by atoms with E-state index >= 15 is 0 Å². The van der Waals surface area contributed by atoms with Gasteiger partial charge in [0.25, 0.3) is 5.91 Å². The number of benzene rings is 1. The van der Waals surface area contributed by atoms with Gasteiger partial charge in [-0.3, -0.25) is 14.9 Å². The van der Waals surface area contributed by atoms with Crippen LogP contribution in [0, 0.1) is 3.57 Å². The van der Waals surface area contributed by atoms with Crippen LogP contribution in [0.3, 0.4) is 0 Å². The summed E-state index contributed by atoms with van der Waals surface area (Å²) in [5.74, 6) is -0.784. The second kappa shape index (κ2) is 10.2. The largest absolute Gasteiger partial charge is 0.490 e. The standard InChI is InChI=1S/C17H16IN3O6S/c1-4-26-12-6-10(5-11(18)15(12)27-9(2)22)8-19-21-17-20-16(24)13(28-17)7-14(23)25-3/h5-8H,4H2,1-3H3,(H,20,21,24)/b13-7+,19-8?. The first-order valence-electron chi connectivity index (χ1n) is 7.88. The molecule has 0 saturated carbocycles. The Kier molecular flexibility index (Phi) is 7.99. The number of methoxy groups -OCH3 is 1. The molecule has 1 N–H and O–H groups in total. The molecule has 1 saturated heterocycles. The number of halogens is 1. The fourth-order valence-electron chi connectivity index (χ4n) is 1.96. The Morgan fingerprint density at radius 2 is 2.11 bits per heavy atom. The van der Waals surface area contributed by atoms with Crippen LogP contribution in [0.2, 0.25) is 0 Å². The van der Waals surface area contributed by atoms with Gasteiger partial charge in [-0.25, -0.2) is 4.79 Å². The Hall–Kier alpha value is -2.41. The first-order chi connectivity index (χ1) is 13.3. The lowest BCUT2D eigenvalue weighted by molar-refractivity contribution is -0.135. The third-order valence-corrected chi connectivity index (χ3v) is 4.74. The quantitative estimate of drug-likeness (QED) is 0.154. The zero-order valence-electron chi connectivity index (χ0n) is 15.1. The molecule has 1 aliphatic rings. The van der Waals surface area contributed by atoms with Crippen LogP contribution in [0.5, 0.6) is 11.5 Å². The number of carbonyl (C=O) groups excluding carboxylic acids is 3. The van der Waals surface area contributed by atoms with Crippen molar-refractivity contribution in [2.75, 3.05) is 13.7 Å². The number of amides is 1. The van der Waals surface area contributed by atoms with E-state index in [1.54, 1.807) is 12.1 Å². The smallest absolute Gasteiger partial charge is 0.331 e. The number of esters is 2. The Bertz CT molecular complexity index is 897. The maximum absolute atomic E-state index is 11.8. The van der Waals surface area contributed by atoms with Gasteiger partial charge in [-0.15, -0.1) is 5.10 Å². The summed E-state index contributed by atoms with van der Waals surface area (Å²) in [6, 6.07) is 3.41. The summed E-state index contributed by atoms with van der Waals surface area (Å²) in [5.41, 5.74) is 0.660. The van der Waals surface area contributed by atoms with E-state index in [1.165, 1.54) is 20.2 Å². The van der Waals surface area contributed by atoms with Crippen LogP contribution in [0.25, 0.3) is 0 Å². The summed E-state index contributed by atoms with van der Waals surface area (Å²) in [6.45, 7) is 3.52. The summed E-state index contributed by atoms with van der Waals surface area (Å²) in [7, 11) is 1.22. The molecule has 2 rings (SSSR count). The molecule has 1 aliphatic heterocycles. The lowest BCUT2D eigenvalue weighted by Crippen LogP contribution is -2.19. The predicted octanol–water partition coefficient (Wildman–Crippen LogP) is 2.22. The molecule has 0 aromatic heterocycles. The molecular formula is C17H16IN3O6S. The van der Waals surface area contributed by atoms with E-state index in [9.17, 15) is 14.4 Å². The number of rotatable bonds is 6. The number of nitrogens with one attached hydrogen (secondary N) is 1. The molecule has 9 nitrogen and oxygen atoms in total. The zero-order chi connectivity index (χ0) is 20.7. The fourth-order valence-corrected chi connectivity index (χ4v) is 3.43. The van der Waals surface area contributed by atoms with Crippen LogP contribution in [0.4, 0.5) is 0 Å². The minimum atomic E-state index is -0.631. The third-order valence-electron chi connectivity index (χ3n) is 3.03. The first-order valence-corrected chi connectivity index (χ1v) is 9.78. The zero-order valence-corrected chi connectivity index (χ0v) is 18.1. The molecule has 11 heteroatoms. The van der Waals surface area contributed by atoms with Gasteiger partial charge in [0.05, 0.1) is 28.4 Å². The van der Waals surface area contributed by atoms with Crippen LogP contribution < -0.4 is 14.8 Å². The average molecular weight is 517 g/mol. The van der Waals surface area contributed by atoms with E-state index in [1.807, 2.05) is 29.5 Å². The molecule has 0 spiro atoms. The molecule has 0 aliphatic carbocycles. The Balaban J connectivity index is 2.19. The van der Waals surface area contributed by atoms with E-state index < -0.39 is 17.8 Å². The van der Waals surface area contributed by atoms with E-state index in [-0.39, 0.29) is 10.1 Å². The van der Waals surface area contributed by atoms with Gasteiger partial charge in [0.15, 0.2) is 16.7 Å². The molecule has 1 heterocycles. The van der Waals surface area contributed by atoms with Gasteiger partial charge < -0.3 is 14.2 Å². The number of ether oxygens (including phenoxy) is 3. The Labute approximate surface area is 178 Å². The van der Waals surface area contributed by atoms with Crippen LogP contribution in [-0.2, 0) is 19.1 Å². The van der Waals surface area contributed by atoms with E-state index in [2.05, 4.69) is 20.3 Å². The van der Waals surface area contributed by atoms with Crippen LogP contribution in [-0.4, -0.2) is 42.9 Å². The van der Waals surface area contributed by atoms with Crippen LogP contribution in [0.1, 0.15) is 19.4 Å². The van der Waals surface area contributed by atoms with E-state index in [0.717, 1.165) is 17.8 Å². The van der Waals surface area contributed by atoms with Gasteiger partial charge in [0.2, 0.25) is 0 Å².